The first-order chi connectivity index (χ1) is 16.6. The molecule has 0 radical (unpaired) electrons. The molecule has 2 heterocycles. The molecule has 4 rings (SSSR count). The van der Waals surface area contributed by atoms with E-state index in [1.54, 1.807) is 32.7 Å². The molecule has 178 valence electrons. The second-order valence-electron chi connectivity index (χ2n) is 8.23. The minimum atomic E-state index is -0.0701. The van der Waals surface area contributed by atoms with E-state index >= 15 is 0 Å². The summed E-state index contributed by atoms with van der Waals surface area (Å²) in [7, 11) is 3.26. The van der Waals surface area contributed by atoms with Crippen molar-refractivity contribution in [3.8, 4) is 23.1 Å². The van der Waals surface area contributed by atoms with Crippen molar-refractivity contribution in [3.05, 3.63) is 66.5 Å². The van der Waals surface area contributed by atoms with Crippen LogP contribution in [0.25, 0.3) is 0 Å². The number of ether oxygens (including phenoxy) is 3. The van der Waals surface area contributed by atoms with Crippen molar-refractivity contribution in [1.29, 1.82) is 0 Å². The number of amides is 1. The Hall–Kier alpha value is -3.81. The van der Waals surface area contributed by atoms with E-state index in [1.807, 2.05) is 49.4 Å². The van der Waals surface area contributed by atoms with Crippen LogP contribution >= 0.6 is 0 Å². The summed E-state index contributed by atoms with van der Waals surface area (Å²) in [6.07, 6.45) is 4.73. The fraction of sp³-hybridized carbons (Fsp3) is 0.346. The van der Waals surface area contributed by atoms with Crippen molar-refractivity contribution in [2.24, 2.45) is 5.92 Å². The Morgan fingerprint density at radius 2 is 1.65 bits per heavy atom. The number of nitrogens with one attached hydrogen (secondary N) is 1. The van der Waals surface area contributed by atoms with Crippen molar-refractivity contribution < 1.29 is 19.0 Å². The molecule has 1 atom stereocenters. The van der Waals surface area contributed by atoms with Gasteiger partial charge < -0.3 is 24.4 Å². The molecule has 1 saturated heterocycles. The molecule has 8 heteroatoms. The Morgan fingerprint density at radius 1 is 0.971 bits per heavy atom. The van der Waals surface area contributed by atoms with Gasteiger partial charge in [-0.05, 0) is 49.6 Å². The average Bonchev–Trinajstić information content (AvgIpc) is 2.89. The quantitative estimate of drug-likeness (QED) is 0.532. The molecule has 0 bridgehead atoms. The van der Waals surface area contributed by atoms with Crippen LogP contribution in [0.2, 0.25) is 0 Å². The third-order valence-corrected chi connectivity index (χ3v) is 6.04. The van der Waals surface area contributed by atoms with Crippen LogP contribution in [0, 0.1) is 5.92 Å². The van der Waals surface area contributed by atoms with Crippen molar-refractivity contribution in [3.63, 3.8) is 0 Å². The summed E-state index contributed by atoms with van der Waals surface area (Å²) in [5, 5.41) is 3.15. The van der Waals surface area contributed by atoms with Gasteiger partial charge in [0.15, 0.2) is 5.82 Å². The van der Waals surface area contributed by atoms with Crippen LogP contribution in [0.3, 0.4) is 0 Å². The number of methoxy groups -OCH3 is 2. The maximum Gasteiger partial charge on any atom is 0.263 e. The fourth-order valence-corrected chi connectivity index (χ4v) is 4.04. The van der Waals surface area contributed by atoms with Gasteiger partial charge in [-0.1, -0.05) is 18.2 Å². The number of hydrogen-bond donors (Lipinski definition) is 1. The Morgan fingerprint density at radius 3 is 2.35 bits per heavy atom. The highest BCUT2D eigenvalue weighted by atomic mass is 16.5. The zero-order valence-corrected chi connectivity index (χ0v) is 19.7. The summed E-state index contributed by atoms with van der Waals surface area (Å²) in [5.74, 6) is 3.28. The largest absolute Gasteiger partial charge is 0.497 e. The van der Waals surface area contributed by atoms with E-state index in [9.17, 15) is 4.79 Å². The van der Waals surface area contributed by atoms with E-state index in [1.165, 1.54) is 0 Å². The SMILES string of the molecule is COc1ccc(C(C)NC(=O)C2CCN(c3nccnc3Oc3cccc(OC)c3)CC2)cc1. The molecule has 8 nitrogen and oxygen atoms in total. The van der Waals surface area contributed by atoms with Crippen LogP contribution in [0.5, 0.6) is 23.1 Å². The molecule has 1 unspecified atom stereocenters. The summed E-state index contributed by atoms with van der Waals surface area (Å²) in [5.41, 5.74) is 1.05. The third-order valence-electron chi connectivity index (χ3n) is 6.04. The lowest BCUT2D eigenvalue weighted by Gasteiger charge is -2.33. The first-order valence-corrected chi connectivity index (χ1v) is 11.4. The second kappa shape index (κ2) is 10.9. The highest BCUT2D eigenvalue weighted by Gasteiger charge is 2.28. The smallest absolute Gasteiger partial charge is 0.263 e. The molecule has 2 aromatic carbocycles. The highest BCUT2D eigenvalue weighted by Crippen LogP contribution is 2.32. The average molecular weight is 463 g/mol. The molecule has 34 heavy (non-hydrogen) atoms. The predicted molar refractivity (Wildman–Crippen MR) is 130 cm³/mol. The number of benzene rings is 2. The Labute approximate surface area is 199 Å². The van der Waals surface area contributed by atoms with Crippen LogP contribution in [0.1, 0.15) is 31.4 Å². The number of nitrogens with zero attached hydrogens (tertiary/aromatic N) is 3. The summed E-state index contributed by atoms with van der Waals surface area (Å²) in [6.45, 7) is 3.39. The number of carbonyl (C=O) groups is 1. The monoisotopic (exact) mass is 462 g/mol. The van der Waals surface area contributed by atoms with Gasteiger partial charge in [-0.25, -0.2) is 9.97 Å². The molecule has 3 aromatic rings. The first kappa shape index (κ1) is 23.4. The van der Waals surface area contributed by atoms with E-state index < -0.39 is 0 Å². The van der Waals surface area contributed by atoms with Crippen molar-refractivity contribution in [2.75, 3.05) is 32.2 Å². The van der Waals surface area contributed by atoms with Crippen LogP contribution in [0.15, 0.2) is 60.9 Å². The van der Waals surface area contributed by atoms with Gasteiger partial charge in [0.05, 0.1) is 20.3 Å². The standard InChI is InChI=1S/C26H30N4O4/c1-18(19-7-9-21(32-2)10-8-19)29-25(31)20-11-15-30(16-12-20)24-26(28-14-13-27-24)34-23-6-4-5-22(17-23)33-3/h4-10,13-14,17-18,20H,11-12,15-16H2,1-3H3,(H,29,31). The first-order valence-electron chi connectivity index (χ1n) is 11.4. The fourth-order valence-electron chi connectivity index (χ4n) is 4.04. The molecule has 0 aliphatic carbocycles. The van der Waals surface area contributed by atoms with Crippen molar-refractivity contribution in [1.82, 2.24) is 15.3 Å². The van der Waals surface area contributed by atoms with Gasteiger partial charge in [-0.3, -0.25) is 4.79 Å². The highest BCUT2D eigenvalue weighted by molar-refractivity contribution is 5.79. The zero-order valence-electron chi connectivity index (χ0n) is 19.7. The van der Waals surface area contributed by atoms with Crippen molar-refractivity contribution in [2.45, 2.75) is 25.8 Å². The topological polar surface area (TPSA) is 85.8 Å². The van der Waals surface area contributed by atoms with E-state index in [4.69, 9.17) is 14.2 Å². The van der Waals surface area contributed by atoms with E-state index in [-0.39, 0.29) is 17.9 Å². The lowest BCUT2D eigenvalue weighted by atomic mass is 9.95. The summed E-state index contributed by atoms with van der Waals surface area (Å²) < 4.78 is 16.5. The second-order valence-corrected chi connectivity index (χ2v) is 8.23. The number of piperidine rings is 1. The summed E-state index contributed by atoms with van der Waals surface area (Å²) in [6, 6.07) is 15.1. The summed E-state index contributed by atoms with van der Waals surface area (Å²) in [4.78, 5) is 23.9. The lowest BCUT2D eigenvalue weighted by molar-refractivity contribution is -0.126. The maximum atomic E-state index is 12.9. The Kier molecular flexibility index (Phi) is 7.47. The van der Waals surface area contributed by atoms with E-state index in [2.05, 4.69) is 20.2 Å². The van der Waals surface area contributed by atoms with Crippen LogP contribution in [-0.2, 0) is 4.79 Å². The molecule has 1 N–H and O–H groups in total. The minimum Gasteiger partial charge on any atom is -0.497 e. The molecule has 1 amide bonds. The van der Waals surface area contributed by atoms with Gasteiger partial charge in [-0.2, -0.15) is 0 Å². The van der Waals surface area contributed by atoms with Crippen LogP contribution < -0.4 is 24.4 Å². The normalized spacial score (nSPS) is 14.9. The molecule has 0 spiro atoms. The maximum absolute atomic E-state index is 12.9. The number of anilines is 1. The number of carbonyl (C=O) groups excluding carboxylic acids is 1. The molecule has 0 saturated carbocycles. The van der Waals surface area contributed by atoms with Crippen LogP contribution in [-0.4, -0.2) is 43.2 Å². The number of aromatic nitrogens is 2. The van der Waals surface area contributed by atoms with E-state index in [0.29, 0.717) is 36.3 Å². The Balaban J connectivity index is 1.35. The van der Waals surface area contributed by atoms with Gasteiger partial charge in [0.2, 0.25) is 5.91 Å². The van der Waals surface area contributed by atoms with Gasteiger partial charge >= 0.3 is 0 Å². The molecular formula is C26H30N4O4. The molecular weight excluding hydrogens is 432 g/mol. The van der Waals surface area contributed by atoms with Gasteiger partial charge in [0.1, 0.15) is 17.2 Å². The lowest BCUT2D eigenvalue weighted by Crippen LogP contribution is -2.41. The van der Waals surface area contributed by atoms with E-state index in [0.717, 1.165) is 24.2 Å². The number of hydrogen-bond acceptors (Lipinski definition) is 7. The minimum absolute atomic E-state index is 0.0450. The Bertz CT molecular complexity index is 1100. The molecule has 1 fully saturated rings. The van der Waals surface area contributed by atoms with Gasteiger partial charge in [0.25, 0.3) is 5.88 Å². The predicted octanol–water partition coefficient (Wildman–Crippen LogP) is 4.38. The number of rotatable bonds is 8. The van der Waals surface area contributed by atoms with Gasteiger partial charge in [0, 0.05) is 37.5 Å². The van der Waals surface area contributed by atoms with Crippen molar-refractivity contribution >= 4 is 11.7 Å². The molecule has 1 aliphatic heterocycles. The molecule has 1 aliphatic rings. The van der Waals surface area contributed by atoms with Crippen LogP contribution in [0.4, 0.5) is 5.82 Å². The van der Waals surface area contributed by atoms with Gasteiger partial charge in [-0.15, -0.1) is 0 Å². The third kappa shape index (κ3) is 5.57. The molecule has 1 aromatic heterocycles. The zero-order chi connectivity index (χ0) is 23.9. The summed E-state index contributed by atoms with van der Waals surface area (Å²) >= 11 is 0.